The molecule has 3 aliphatic rings. The molecule has 6 heteroatoms. The predicted octanol–water partition coefficient (Wildman–Crippen LogP) is 3.45. The normalized spacial score (nSPS) is 28.9. The van der Waals surface area contributed by atoms with Gasteiger partial charge in [-0.05, 0) is 75.6 Å². The summed E-state index contributed by atoms with van der Waals surface area (Å²) in [7, 11) is 0. The summed E-state index contributed by atoms with van der Waals surface area (Å²) < 4.78 is 0. The van der Waals surface area contributed by atoms with Crippen LogP contribution < -0.4 is 16.0 Å². The van der Waals surface area contributed by atoms with Crippen molar-refractivity contribution in [1.82, 2.24) is 16.0 Å². The molecule has 0 radical (unpaired) electrons. The van der Waals surface area contributed by atoms with Gasteiger partial charge < -0.3 is 10.6 Å². The second-order valence-electron chi connectivity index (χ2n) is 7.00. The molecular weight excluding hydrogens is 336 g/mol. The highest BCUT2D eigenvalue weighted by molar-refractivity contribution is 6.28. The van der Waals surface area contributed by atoms with E-state index >= 15 is 0 Å². The summed E-state index contributed by atoms with van der Waals surface area (Å²) in [5.41, 5.74) is 0.851. The van der Waals surface area contributed by atoms with Gasteiger partial charge in [0.25, 0.3) is 0 Å². The number of hydrogen-bond donors (Lipinski definition) is 3. The van der Waals surface area contributed by atoms with E-state index in [0.717, 1.165) is 18.0 Å². The van der Waals surface area contributed by atoms with Crippen molar-refractivity contribution < 1.29 is 4.79 Å². The number of urea groups is 1. The Kier molecular flexibility index (Phi) is 6.70. The first-order chi connectivity index (χ1) is 12.2. The maximum Gasteiger partial charge on any atom is 0.324 e. The highest BCUT2D eigenvalue weighted by atomic mass is 35.5. The zero-order chi connectivity index (χ0) is 17.5. The smallest absolute Gasteiger partial charge is 0.316 e. The third-order valence-corrected chi connectivity index (χ3v) is 5.24. The molecule has 1 saturated heterocycles. The second kappa shape index (κ2) is 9.20. The van der Waals surface area contributed by atoms with Crippen LogP contribution in [0.15, 0.2) is 40.8 Å². The van der Waals surface area contributed by atoms with Crippen molar-refractivity contribution in [1.29, 1.82) is 0 Å². The van der Waals surface area contributed by atoms with Gasteiger partial charge in [-0.3, -0.25) is 5.32 Å². The van der Waals surface area contributed by atoms with Gasteiger partial charge >= 0.3 is 6.03 Å². The molecule has 1 fully saturated rings. The van der Waals surface area contributed by atoms with Crippen molar-refractivity contribution in [2.24, 2.45) is 16.8 Å². The Hall–Kier alpha value is -1.59. The van der Waals surface area contributed by atoms with Gasteiger partial charge in [0.2, 0.25) is 0 Å². The molecule has 3 atom stereocenters. The molecule has 3 unspecified atom stereocenters. The number of allylic oxidation sites excluding steroid dienone is 4. The van der Waals surface area contributed by atoms with E-state index in [4.69, 9.17) is 11.6 Å². The number of halogens is 1. The minimum atomic E-state index is -0.265. The first kappa shape index (κ1) is 18.2. The molecule has 0 saturated carbocycles. The molecule has 136 valence electrons. The maximum absolute atomic E-state index is 12.0. The molecule has 25 heavy (non-hydrogen) atoms. The molecule has 0 aromatic rings. The minimum absolute atomic E-state index is 0.0843. The Morgan fingerprint density at radius 2 is 2.20 bits per heavy atom. The van der Waals surface area contributed by atoms with Crippen molar-refractivity contribution in [3.05, 3.63) is 35.8 Å². The van der Waals surface area contributed by atoms with Crippen LogP contribution in [0.4, 0.5) is 4.79 Å². The highest BCUT2D eigenvalue weighted by Gasteiger charge is 2.16. The first-order valence-corrected chi connectivity index (χ1v) is 9.68. The SMILES string of the molecule is O=C(NC1=CCC(CCC2CCCNC2)C=C1)NC1=CCC(Cl)C=N1. The first-order valence-electron chi connectivity index (χ1n) is 9.24. The van der Waals surface area contributed by atoms with Crippen LogP contribution in [0.3, 0.4) is 0 Å². The standard InChI is InChI=1S/C19H27ClN4O/c20-16-7-10-18(22-13-16)24-19(25)23-17-8-5-14(6-9-17)3-4-15-2-1-11-21-12-15/h5,8-10,13-16,21H,1-4,6-7,11-12H2,(H2,23,24,25). The fourth-order valence-electron chi connectivity index (χ4n) is 3.45. The Morgan fingerprint density at radius 3 is 2.88 bits per heavy atom. The van der Waals surface area contributed by atoms with Crippen molar-refractivity contribution in [2.45, 2.75) is 43.9 Å². The fraction of sp³-hybridized carbons (Fsp3) is 0.579. The van der Waals surface area contributed by atoms with E-state index in [-0.39, 0.29) is 11.4 Å². The number of nitrogens with one attached hydrogen (secondary N) is 3. The van der Waals surface area contributed by atoms with Crippen LogP contribution in [0.1, 0.15) is 38.5 Å². The summed E-state index contributed by atoms with van der Waals surface area (Å²) in [6, 6.07) is -0.265. The topological polar surface area (TPSA) is 65.5 Å². The number of aliphatic imine (C=N–C) groups is 1. The van der Waals surface area contributed by atoms with Crippen LogP contribution in [0, 0.1) is 11.8 Å². The molecule has 2 amide bonds. The molecule has 0 bridgehead atoms. The van der Waals surface area contributed by atoms with E-state index in [9.17, 15) is 4.79 Å². The summed E-state index contributed by atoms with van der Waals surface area (Å²) in [6.45, 7) is 2.34. The monoisotopic (exact) mass is 362 g/mol. The summed E-state index contributed by atoms with van der Waals surface area (Å²) in [6.07, 6.45) is 16.7. The summed E-state index contributed by atoms with van der Waals surface area (Å²) in [4.78, 5) is 16.1. The Labute approximate surface area is 154 Å². The van der Waals surface area contributed by atoms with Gasteiger partial charge in [0.15, 0.2) is 0 Å². The van der Waals surface area contributed by atoms with Crippen LogP contribution in [-0.2, 0) is 0 Å². The van der Waals surface area contributed by atoms with Crippen molar-refractivity contribution in [2.75, 3.05) is 13.1 Å². The Balaban J connectivity index is 1.37. The van der Waals surface area contributed by atoms with Crippen LogP contribution in [0.25, 0.3) is 0 Å². The maximum atomic E-state index is 12.0. The number of alkyl halides is 1. The summed E-state index contributed by atoms with van der Waals surface area (Å²) in [5.74, 6) is 1.96. The highest BCUT2D eigenvalue weighted by Crippen LogP contribution is 2.24. The van der Waals surface area contributed by atoms with E-state index in [1.165, 1.54) is 38.8 Å². The molecule has 2 aliphatic heterocycles. The zero-order valence-electron chi connectivity index (χ0n) is 14.5. The number of amides is 2. The van der Waals surface area contributed by atoms with Crippen molar-refractivity contribution >= 4 is 23.8 Å². The Morgan fingerprint density at radius 1 is 1.28 bits per heavy atom. The van der Waals surface area contributed by atoms with E-state index < -0.39 is 0 Å². The van der Waals surface area contributed by atoms with E-state index in [1.54, 1.807) is 6.21 Å². The lowest BCUT2D eigenvalue weighted by atomic mass is 9.87. The number of hydrogen-bond acceptors (Lipinski definition) is 3. The van der Waals surface area contributed by atoms with Crippen molar-refractivity contribution in [3.63, 3.8) is 0 Å². The molecule has 3 N–H and O–H groups in total. The van der Waals surface area contributed by atoms with Gasteiger partial charge in [0.05, 0.1) is 5.38 Å². The molecular formula is C19H27ClN4O. The quantitative estimate of drug-likeness (QED) is 0.656. The van der Waals surface area contributed by atoms with Gasteiger partial charge in [0, 0.05) is 11.9 Å². The molecule has 0 spiro atoms. The van der Waals surface area contributed by atoms with Crippen LogP contribution >= 0.6 is 11.6 Å². The lowest BCUT2D eigenvalue weighted by molar-refractivity contribution is 0.245. The van der Waals surface area contributed by atoms with Crippen LogP contribution in [0.5, 0.6) is 0 Å². The number of nitrogens with zero attached hydrogens (tertiary/aromatic N) is 1. The lowest BCUT2D eigenvalue weighted by Crippen LogP contribution is -2.34. The third-order valence-electron chi connectivity index (χ3n) is 4.94. The average Bonchev–Trinajstić information content (AvgIpc) is 2.64. The summed E-state index contributed by atoms with van der Waals surface area (Å²) in [5, 5.41) is 9.01. The zero-order valence-corrected chi connectivity index (χ0v) is 15.3. The van der Waals surface area contributed by atoms with Gasteiger partial charge in [-0.15, -0.1) is 11.6 Å². The molecule has 1 aliphatic carbocycles. The van der Waals surface area contributed by atoms with E-state index in [2.05, 4.69) is 33.1 Å². The molecule has 0 aromatic heterocycles. The average molecular weight is 363 g/mol. The number of carbonyl (C=O) groups excluding carboxylic acids is 1. The summed E-state index contributed by atoms with van der Waals surface area (Å²) >= 11 is 5.92. The van der Waals surface area contributed by atoms with E-state index in [0.29, 0.717) is 18.2 Å². The lowest BCUT2D eigenvalue weighted by Gasteiger charge is -2.24. The van der Waals surface area contributed by atoms with Gasteiger partial charge in [-0.1, -0.05) is 12.2 Å². The molecule has 3 rings (SSSR count). The fourth-order valence-corrected chi connectivity index (χ4v) is 3.60. The number of piperidine rings is 1. The largest absolute Gasteiger partial charge is 0.324 e. The van der Waals surface area contributed by atoms with Gasteiger partial charge in [-0.25, -0.2) is 9.79 Å². The molecule has 2 heterocycles. The van der Waals surface area contributed by atoms with E-state index in [1.807, 2.05) is 12.2 Å². The minimum Gasteiger partial charge on any atom is -0.316 e. The second-order valence-corrected chi connectivity index (χ2v) is 7.56. The van der Waals surface area contributed by atoms with Gasteiger partial charge in [0.1, 0.15) is 5.82 Å². The van der Waals surface area contributed by atoms with Crippen LogP contribution in [0.2, 0.25) is 0 Å². The number of rotatable bonds is 5. The predicted molar refractivity (Wildman–Crippen MR) is 103 cm³/mol. The third kappa shape index (κ3) is 6.01. The van der Waals surface area contributed by atoms with Gasteiger partial charge in [-0.2, -0.15) is 0 Å². The van der Waals surface area contributed by atoms with Crippen LogP contribution in [-0.4, -0.2) is 30.7 Å². The van der Waals surface area contributed by atoms with Crippen molar-refractivity contribution in [3.8, 4) is 0 Å². The number of carbonyl (C=O) groups is 1. The molecule has 5 nitrogen and oxygen atoms in total. The Bertz CT molecular complexity index is 590. The molecule has 0 aromatic carbocycles.